The molecule has 0 aromatic rings. The maximum atomic E-state index is 10.4. The van der Waals surface area contributed by atoms with E-state index in [2.05, 4.69) is 27.2 Å². The SMILES string of the molecule is C=CCOC(=O)/C=C/Br. The van der Waals surface area contributed by atoms with E-state index in [9.17, 15) is 4.79 Å². The van der Waals surface area contributed by atoms with Crippen LogP contribution in [-0.4, -0.2) is 12.6 Å². The Hall–Kier alpha value is -0.570. The minimum absolute atomic E-state index is 0.260. The Bertz CT molecular complexity index is 129. The van der Waals surface area contributed by atoms with Crippen LogP contribution in [0.15, 0.2) is 23.7 Å². The highest BCUT2D eigenvalue weighted by Crippen LogP contribution is 1.85. The molecule has 0 aliphatic heterocycles. The maximum Gasteiger partial charge on any atom is 0.331 e. The predicted octanol–water partition coefficient (Wildman–Crippen LogP) is 1.62. The Morgan fingerprint density at radius 1 is 1.78 bits per heavy atom. The zero-order valence-corrected chi connectivity index (χ0v) is 6.43. The van der Waals surface area contributed by atoms with Gasteiger partial charge in [0.2, 0.25) is 0 Å². The van der Waals surface area contributed by atoms with Gasteiger partial charge in [0.1, 0.15) is 6.61 Å². The third-order valence-corrected chi connectivity index (χ3v) is 0.807. The fourth-order valence-electron chi connectivity index (χ4n) is 0.241. The van der Waals surface area contributed by atoms with Crippen molar-refractivity contribution in [2.45, 2.75) is 0 Å². The van der Waals surface area contributed by atoms with E-state index in [4.69, 9.17) is 0 Å². The lowest BCUT2D eigenvalue weighted by atomic mass is 10.6. The molecule has 0 bridgehead atoms. The second kappa shape index (κ2) is 5.56. The molecule has 0 fully saturated rings. The Kier molecular flexibility index (Phi) is 5.21. The summed E-state index contributed by atoms with van der Waals surface area (Å²) in [5.41, 5.74) is 0. The molecular formula is C6H7BrO2. The average Bonchev–Trinajstić information content (AvgIpc) is 1.85. The number of carbonyl (C=O) groups is 1. The second-order valence-electron chi connectivity index (χ2n) is 1.21. The molecule has 0 spiro atoms. The minimum Gasteiger partial charge on any atom is -0.458 e. The molecule has 2 nitrogen and oxygen atoms in total. The van der Waals surface area contributed by atoms with E-state index in [0.29, 0.717) is 0 Å². The summed E-state index contributed by atoms with van der Waals surface area (Å²) in [4.78, 5) is 11.9. The Morgan fingerprint density at radius 2 is 2.44 bits per heavy atom. The predicted molar refractivity (Wildman–Crippen MR) is 39.2 cm³/mol. The zero-order valence-electron chi connectivity index (χ0n) is 4.84. The highest BCUT2D eigenvalue weighted by molar-refractivity contribution is 9.11. The highest BCUT2D eigenvalue weighted by Gasteiger charge is 1.90. The lowest BCUT2D eigenvalue weighted by molar-refractivity contribution is -0.136. The first-order chi connectivity index (χ1) is 4.31. The number of esters is 1. The standard InChI is InChI=1S/C6H7BrO2/c1-2-5-9-6(8)3-4-7/h2-4H,1,5H2/b4-3+. The first kappa shape index (κ1) is 8.43. The topological polar surface area (TPSA) is 26.3 Å². The summed E-state index contributed by atoms with van der Waals surface area (Å²) in [5, 5.41) is 0. The largest absolute Gasteiger partial charge is 0.458 e. The van der Waals surface area contributed by atoms with Gasteiger partial charge >= 0.3 is 5.97 Å². The van der Waals surface area contributed by atoms with E-state index in [1.807, 2.05) is 0 Å². The molecule has 0 aromatic carbocycles. The number of hydrogen-bond acceptors (Lipinski definition) is 2. The number of hydrogen-bond donors (Lipinski definition) is 0. The van der Waals surface area contributed by atoms with E-state index in [-0.39, 0.29) is 12.6 Å². The molecule has 0 aliphatic rings. The Labute approximate surface area is 62.3 Å². The van der Waals surface area contributed by atoms with E-state index in [0.717, 1.165) is 0 Å². The van der Waals surface area contributed by atoms with Crippen LogP contribution >= 0.6 is 15.9 Å². The van der Waals surface area contributed by atoms with Crippen LogP contribution in [0.4, 0.5) is 0 Å². The molecule has 0 unspecified atom stereocenters. The van der Waals surface area contributed by atoms with E-state index in [1.54, 1.807) is 0 Å². The molecule has 0 amide bonds. The van der Waals surface area contributed by atoms with Gasteiger partial charge in [0.15, 0.2) is 0 Å². The Morgan fingerprint density at radius 3 is 2.89 bits per heavy atom. The summed E-state index contributed by atoms with van der Waals surface area (Å²) in [7, 11) is 0. The van der Waals surface area contributed by atoms with Crippen LogP contribution in [0.3, 0.4) is 0 Å². The van der Waals surface area contributed by atoms with Crippen LogP contribution in [-0.2, 0) is 9.53 Å². The summed E-state index contributed by atoms with van der Waals surface area (Å²) in [6, 6.07) is 0. The van der Waals surface area contributed by atoms with Gasteiger partial charge in [-0.05, 0) is 4.99 Å². The number of ether oxygens (including phenoxy) is 1. The molecule has 0 aromatic heterocycles. The normalized spacial score (nSPS) is 9.44. The molecule has 0 radical (unpaired) electrons. The number of rotatable bonds is 3. The van der Waals surface area contributed by atoms with Crippen molar-refractivity contribution in [2.75, 3.05) is 6.61 Å². The molecule has 0 saturated heterocycles. The van der Waals surface area contributed by atoms with Crippen LogP contribution in [0.25, 0.3) is 0 Å². The maximum absolute atomic E-state index is 10.4. The van der Waals surface area contributed by atoms with Crippen molar-refractivity contribution in [1.29, 1.82) is 0 Å². The molecule has 0 rings (SSSR count). The van der Waals surface area contributed by atoms with Gasteiger partial charge in [-0.15, -0.1) is 0 Å². The van der Waals surface area contributed by atoms with Gasteiger partial charge in [0.05, 0.1) is 0 Å². The van der Waals surface area contributed by atoms with E-state index >= 15 is 0 Å². The highest BCUT2D eigenvalue weighted by atomic mass is 79.9. The molecule has 0 heterocycles. The van der Waals surface area contributed by atoms with Gasteiger partial charge in [-0.3, -0.25) is 0 Å². The van der Waals surface area contributed by atoms with Crippen LogP contribution in [0.1, 0.15) is 0 Å². The number of carbonyl (C=O) groups excluding carboxylic acids is 1. The lowest BCUT2D eigenvalue weighted by Gasteiger charge is -1.92. The van der Waals surface area contributed by atoms with Crippen molar-refractivity contribution in [3.8, 4) is 0 Å². The van der Waals surface area contributed by atoms with Crippen molar-refractivity contribution in [2.24, 2.45) is 0 Å². The quantitative estimate of drug-likeness (QED) is 0.385. The molecular weight excluding hydrogens is 184 g/mol. The summed E-state index contributed by atoms with van der Waals surface area (Å²) < 4.78 is 4.56. The van der Waals surface area contributed by atoms with Crippen LogP contribution in [0.5, 0.6) is 0 Å². The molecule has 9 heavy (non-hydrogen) atoms. The summed E-state index contributed by atoms with van der Waals surface area (Å²) in [6.07, 6.45) is 2.80. The monoisotopic (exact) mass is 190 g/mol. The first-order valence-electron chi connectivity index (χ1n) is 2.35. The lowest BCUT2D eigenvalue weighted by Crippen LogP contribution is -1.98. The minimum atomic E-state index is -0.369. The van der Waals surface area contributed by atoms with Gasteiger partial charge in [-0.25, -0.2) is 4.79 Å². The van der Waals surface area contributed by atoms with Crippen molar-refractivity contribution in [1.82, 2.24) is 0 Å². The summed E-state index contributed by atoms with van der Waals surface area (Å²) in [6.45, 7) is 3.64. The molecule has 0 aliphatic carbocycles. The van der Waals surface area contributed by atoms with Gasteiger partial charge in [0.25, 0.3) is 0 Å². The van der Waals surface area contributed by atoms with Gasteiger partial charge < -0.3 is 4.74 Å². The fraction of sp³-hybridized carbons (Fsp3) is 0.167. The molecule has 0 N–H and O–H groups in total. The second-order valence-corrected chi connectivity index (χ2v) is 1.74. The smallest absolute Gasteiger partial charge is 0.331 e. The van der Waals surface area contributed by atoms with Gasteiger partial charge in [-0.2, -0.15) is 0 Å². The molecule has 0 saturated carbocycles. The van der Waals surface area contributed by atoms with Crippen LogP contribution in [0, 0.1) is 0 Å². The van der Waals surface area contributed by atoms with Gasteiger partial charge in [0, 0.05) is 6.08 Å². The fourth-order valence-corrected chi connectivity index (χ4v) is 0.456. The third kappa shape index (κ3) is 5.30. The zero-order chi connectivity index (χ0) is 7.11. The summed E-state index contributed by atoms with van der Waals surface area (Å²) in [5.74, 6) is -0.369. The van der Waals surface area contributed by atoms with Crippen LogP contribution < -0.4 is 0 Å². The van der Waals surface area contributed by atoms with Gasteiger partial charge in [-0.1, -0.05) is 28.6 Å². The van der Waals surface area contributed by atoms with Crippen molar-refractivity contribution < 1.29 is 9.53 Å². The van der Waals surface area contributed by atoms with Crippen molar-refractivity contribution in [3.05, 3.63) is 23.7 Å². The third-order valence-electron chi connectivity index (χ3n) is 0.543. The molecule has 3 heteroatoms. The first-order valence-corrected chi connectivity index (χ1v) is 3.27. The van der Waals surface area contributed by atoms with Crippen molar-refractivity contribution >= 4 is 21.9 Å². The Balaban J connectivity index is 3.38. The van der Waals surface area contributed by atoms with E-state index < -0.39 is 0 Å². The molecule has 0 atom stereocenters. The van der Waals surface area contributed by atoms with E-state index in [1.165, 1.54) is 17.1 Å². The molecule has 50 valence electrons. The number of halogens is 1. The average molecular weight is 191 g/mol. The summed E-state index contributed by atoms with van der Waals surface area (Å²) >= 11 is 2.93. The van der Waals surface area contributed by atoms with Crippen molar-refractivity contribution in [3.63, 3.8) is 0 Å². The van der Waals surface area contributed by atoms with Crippen LogP contribution in [0.2, 0.25) is 0 Å².